The van der Waals surface area contributed by atoms with Crippen LogP contribution in [0.1, 0.15) is 0 Å². The van der Waals surface area contributed by atoms with Gasteiger partial charge in [0.15, 0.2) is 8.32 Å². The SMILES string of the molecule is C[Si](C)(C)OCCOCCOCCOCCOCCOCCOCCOCCBr. The van der Waals surface area contributed by atoms with E-state index in [4.69, 9.17) is 37.6 Å². The van der Waals surface area contributed by atoms with Crippen LogP contribution < -0.4 is 0 Å². The van der Waals surface area contributed by atoms with Gasteiger partial charge in [-0.15, -0.1) is 0 Å². The number of hydrogen-bond acceptors (Lipinski definition) is 8. The third-order valence-electron chi connectivity index (χ3n) is 3.22. The minimum Gasteiger partial charge on any atom is -0.415 e. The molecule has 0 rings (SSSR count). The first kappa shape index (κ1) is 29.4. The summed E-state index contributed by atoms with van der Waals surface area (Å²) in [5.74, 6) is 0. The van der Waals surface area contributed by atoms with Crippen LogP contribution in [0.3, 0.4) is 0 Å². The van der Waals surface area contributed by atoms with Crippen molar-refractivity contribution in [3.63, 3.8) is 0 Å². The predicted molar refractivity (Wildman–Crippen MR) is 119 cm³/mol. The number of hydrogen-bond donors (Lipinski definition) is 0. The maximum atomic E-state index is 5.70. The molecule has 29 heavy (non-hydrogen) atoms. The van der Waals surface area contributed by atoms with Crippen LogP contribution in [0.4, 0.5) is 0 Å². The topological polar surface area (TPSA) is 73.8 Å². The van der Waals surface area contributed by atoms with E-state index in [1.54, 1.807) is 0 Å². The van der Waals surface area contributed by atoms with E-state index in [0.29, 0.717) is 99.1 Å². The van der Waals surface area contributed by atoms with Gasteiger partial charge in [-0.2, -0.15) is 0 Å². The van der Waals surface area contributed by atoms with E-state index in [0.717, 1.165) is 5.33 Å². The Morgan fingerprint density at radius 3 is 0.897 bits per heavy atom. The lowest BCUT2D eigenvalue weighted by atomic mass is 10.6. The van der Waals surface area contributed by atoms with Crippen LogP contribution in [0, 0.1) is 0 Å². The van der Waals surface area contributed by atoms with E-state index in [1.807, 2.05) is 0 Å². The zero-order valence-corrected chi connectivity index (χ0v) is 21.0. The fourth-order valence-corrected chi connectivity index (χ4v) is 2.81. The summed E-state index contributed by atoms with van der Waals surface area (Å²) in [5, 5.41) is 0.847. The van der Waals surface area contributed by atoms with Crippen LogP contribution in [0.2, 0.25) is 19.6 Å². The molecule has 0 aromatic heterocycles. The molecule has 0 heterocycles. The van der Waals surface area contributed by atoms with Crippen molar-refractivity contribution in [2.45, 2.75) is 19.6 Å². The summed E-state index contributed by atoms with van der Waals surface area (Å²) in [7, 11) is -1.43. The molecule has 0 radical (unpaired) electrons. The molecule has 0 aliphatic heterocycles. The molecule has 0 amide bonds. The first-order valence-electron chi connectivity index (χ1n) is 10.3. The van der Waals surface area contributed by atoms with Crippen LogP contribution in [-0.4, -0.2) is 113 Å². The largest absolute Gasteiger partial charge is 0.415 e. The number of halogens is 1. The summed E-state index contributed by atoms with van der Waals surface area (Å²) < 4.78 is 43.5. The van der Waals surface area contributed by atoms with E-state index < -0.39 is 8.32 Å². The standard InChI is InChI=1S/C19H41BrO8Si/c1-29(2,3)28-19-18-27-17-16-26-15-14-25-13-12-24-11-10-23-9-8-22-7-6-21-5-4-20/h4-19H2,1-3H3. The van der Waals surface area contributed by atoms with Gasteiger partial charge in [-0.3, -0.25) is 0 Å². The molecule has 0 aromatic rings. The molecule has 0 saturated carbocycles. The average molecular weight is 506 g/mol. The molecule has 176 valence electrons. The third kappa shape index (κ3) is 28.4. The fraction of sp³-hybridized carbons (Fsp3) is 1.00. The zero-order valence-electron chi connectivity index (χ0n) is 18.5. The summed E-state index contributed by atoms with van der Waals surface area (Å²) in [6.45, 7) is 15.2. The molecule has 0 N–H and O–H groups in total. The second-order valence-electron chi connectivity index (χ2n) is 6.94. The Hall–Kier alpha value is 0.377. The number of alkyl halides is 1. The second-order valence-corrected chi connectivity index (χ2v) is 12.2. The molecule has 0 bridgehead atoms. The second kappa shape index (κ2) is 23.0. The minimum absolute atomic E-state index is 0.547. The van der Waals surface area contributed by atoms with Crippen LogP contribution >= 0.6 is 15.9 Å². The summed E-state index contributed by atoms with van der Waals surface area (Å²) >= 11 is 3.29. The Morgan fingerprint density at radius 2 is 0.655 bits per heavy atom. The summed E-state index contributed by atoms with van der Waals surface area (Å²) in [5.41, 5.74) is 0. The quantitative estimate of drug-likeness (QED) is 0.113. The Kier molecular flexibility index (Phi) is 23.3. The van der Waals surface area contributed by atoms with Gasteiger partial charge in [0.05, 0.1) is 99.1 Å². The molecule has 0 aliphatic rings. The van der Waals surface area contributed by atoms with Crippen LogP contribution in [0.5, 0.6) is 0 Å². The van der Waals surface area contributed by atoms with E-state index in [1.165, 1.54) is 0 Å². The van der Waals surface area contributed by atoms with Crippen molar-refractivity contribution < 1.29 is 37.6 Å². The Bertz CT molecular complexity index is 321. The highest BCUT2D eigenvalue weighted by atomic mass is 79.9. The van der Waals surface area contributed by atoms with Gasteiger partial charge < -0.3 is 37.6 Å². The highest BCUT2D eigenvalue weighted by molar-refractivity contribution is 9.09. The number of ether oxygens (including phenoxy) is 7. The van der Waals surface area contributed by atoms with E-state index in [9.17, 15) is 0 Å². The molecule has 0 fully saturated rings. The van der Waals surface area contributed by atoms with Crippen molar-refractivity contribution in [3.8, 4) is 0 Å². The van der Waals surface area contributed by atoms with Crippen LogP contribution in [-0.2, 0) is 37.6 Å². The maximum Gasteiger partial charge on any atom is 0.183 e. The summed E-state index contributed by atoms with van der Waals surface area (Å²) in [4.78, 5) is 0. The Labute approximate surface area is 186 Å². The molecular weight excluding hydrogens is 464 g/mol. The van der Waals surface area contributed by atoms with E-state index >= 15 is 0 Å². The molecule has 0 aliphatic carbocycles. The van der Waals surface area contributed by atoms with Crippen LogP contribution in [0.15, 0.2) is 0 Å². The van der Waals surface area contributed by atoms with Gasteiger partial charge in [0.2, 0.25) is 0 Å². The normalized spacial score (nSPS) is 12.0. The molecule has 0 spiro atoms. The molecule has 0 saturated heterocycles. The lowest BCUT2D eigenvalue weighted by Gasteiger charge is -2.16. The van der Waals surface area contributed by atoms with Gasteiger partial charge >= 0.3 is 0 Å². The highest BCUT2D eigenvalue weighted by Gasteiger charge is 2.12. The van der Waals surface area contributed by atoms with E-state index in [-0.39, 0.29) is 0 Å². The molecule has 0 aromatic carbocycles. The van der Waals surface area contributed by atoms with Gasteiger partial charge in [-0.1, -0.05) is 15.9 Å². The molecule has 0 unspecified atom stereocenters. The van der Waals surface area contributed by atoms with Gasteiger partial charge in [0.1, 0.15) is 0 Å². The molecule has 0 atom stereocenters. The van der Waals surface area contributed by atoms with Crippen molar-refractivity contribution in [2.24, 2.45) is 0 Å². The van der Waals surface area contributed by atoms with Crippen molar-refractivity contribution in [1.29, 1.82) is 0 Å². The van der Waals surface area contributed by atoms with Crippen molar-refractivity contribution in [3.05, 3.63) is 0 Å². The van der Waals surface area contributed by atoms with Crippen molar-refractivity contribution in [2.75, 3.05) is 104 Å². The van der Waals surface area contributed by atoms with Crippen molar-refractivity contribution in [1.82, 2.24) is 0 Å². The maximum absolute atomic E-state index is 5.70. The average Bonchev–Trinajstić information content (AvgIpc) is 2.67. The highest BCUT2D eigenvalue weighted by Crippen LogP contribution is 2.01. The lowest BCUT2D eigenvalue weighted by molar-refractivity contribution is -0.0208. The first-order valence-corrected chi connectivity index (χ1v) is 14.8. The smallest absolute Gasteiger partial charge is 0.183 e. The Morgan fingerprint density at radius 1 is 0.414 bits per heavy atom. The zero-order chi connectivity index (χ0) is 21.5. The Balaban J connectivity index is 3.02. The number of rotatable bonds is 24. The van der Waals surface area contributed by atoms with Gasteiger partial charge in [0.25, 0.3) is 0 Å². The molecule has 8 nitrogen and oxygen atoms in total. The fourth-order valence-electron chi connectivity index (χ4n) is 1.88. The molecular formula is C19H41BrO8Si. The predicted octanol–water partition coefficient (Wildman–Crippen LogP) is 2.35. The lowest BCUT2D eigenvalue weighted by Crippen LogP contribution is -2.27. The van der Waals surface area contributed by atoms with Gasteiger partial charge in [-0.05, 0) is 19.6 Å². The van der Waals surface area contributed by atoms with Gasteiger partial charge in [-0.25, -0.2) is 0 Å². The summed E-state index contributed by atoms with van der Waals surface area (Å²) in [6, 6.07) is 0. The monoisotopic (exact) mass is 504 g/mol. The van der Waals surface area contributed by atoms with Crippen LogP contribution in [0.25, 0.3) is 0 Å². The first-order chi connectivity index (χ1) is 14.1. The van der Waals surface area contributed by atoms with Crippen molar-refractivity contribution >= 4 is 24.2 Å². The molecule has 10 heteroatoms. The third-order valence-corrected chi connectivity index (χ3v) is 4.61. The minimum atomic E-state index is -1.43. The van der Waals surface area contributed by atoms with Gasteiger partial charge in [0, 0.05) is 5.33 Å². The van der Waals surface area contributed by atoms with E-state index in [2.05, 4.69) is 35.6 Å². The summed E-state index contributed by atoms with van der Waals surface area (Å²) in [6.07, 6.45) is 0.